The molecule has 19 heavy (non-hydrogen) atoms. The number of hydrogen-bond acceptors (Lipinski definition) is 4. The summed E-state index contributed by atoms with van der Waals surface area (Å²) in [5, 5.41) is 3.14. The van der Waals surface area contributed by atoms with Gasteiger partial charge in [0.1, 0.15) is 17.4 Å². The van der Waals surface area contributed by atoms with Crippen LogP contribution in [0.5, 0.6) is 5.75 Å². The Kier molecular flexibility index (Phi) is 4.18. The lowest BCUT2D eigenvalue weighted by Gasteiger charge is -2.07. The Morgan fingerprint density at radius 2 is 2.05 bits per heavy atom. The molecule has 0 aliphatic heterocycles. The molecular weight excluding hydrogens is 242 g/mol. The van der Waals surface area contributed by atoms with Crippen LogP contribution in [0.4, 0.5) is 5.82 Å². The summed E-state index contributed by atoms with van der Waals surface area (Å²) in [5.74, 6) is 2.10. The summed E-state index contributed by atoms with van der Waals surface area (Å²) < 4.78 is 5.10. The minimum atomic E-state index is -0.135. The van der Waals surface area contributed by atoms with Crippen LogP contribution in [0.2, 0.25) is 0 Å². The van der Waals surface area contributed by atoms with E-state index in [0.717, 1.165) is 11.3 Å². The number of anilines is 1. The quantitative estimate of drug-likeness (QED) is 0.861. The summed E-state index contributed by atoms with van der Waals surface area (Å²) in [4.78, 5) is 18.4. The fraction of sp³-hybridized carbons (Fsp3) is 0.286. The Hall–Kier alpha value is -2.30. The molecule has 0 atom stereocenters. The van der Waals surface area contributed by atoms with Gasteiger partial charge in [0.15, 0.2) is 0 Å². The van der Waals surface area contributed by atoms with Gasteiger partial charge in [0.2, 0.25) is 0 Å². The molecule has 0 aliphatic rings. The van der Waals surface area contributed by atoms with Gasteiger partial charge in [-0.05, 0) is 17.7 Å². The van der Waals surface area contributed by atoms with Crippen molar-refractivity contribution in [3.8, 4) is 5.75 Å². The molecule has 1 aromatic carbocycles. The van der Waals surface area contributed by atoms with Crippen LogP contribution in [-0.4, -0.2) is 17.1 Å². The first-order chi connectivity index (χ1) is 9.21. The molecule has 0 unspecified atom stereocenters. The van der Waals surface area contributed by atoms with Crippen LogP contribution in [0.25, 0.3) is 0 Å². The van der Waals surface area contributed by atoms with Gasteiger partial charge in [-0.25, -0.2) is 4.98 Å². The standard InChI is InChI=1S/C14H17N3O2/c1-3-12-16-13(8-14(18)17-12)15-9-10-4-6-11(19-2)7-5-10/h4-8H,3,9H2,1-2H3,(H2,15,16,17,18). The van der Waals surface area contributed by atoms with Crippen LogP contribution in [0.1, 0.15) is 18.3 Å². The van der Waals surface area contributed by atoms with Crippen LogP contribution < -0.4 is 15.6 Å². The monoisotopic (exact) mass is 259 g/mol. The highest BCUT2D eigenvalue weighted by atomic mass is 16.5. The molecule has 0 saturated heterocycles. The predicted octanol–water partition coefficient (Wildman–Crippen LogP) is 1.95. The molecule has 5 nitrogen and oxygen atoms in total. The van der Waals surface area contributed by atoms with E-state index in [9.17, 15) is 4.79 Å². The molecule has 5 heteroatoms. The van der Waals surface area contributed by atoms with Crippen LogP contribution in [-0.2, 0) is 13.0 Å². The van der Waals surface area contributed by atoms with Crippen molar-refractivity contribution >= 4 is 5.82 Å². The largest absolute Gasteiger partial charge is 0.497 e. The van der Waals surface area contributed by atoms with Gasteiger partial charge >= 0.3 is 0 Å². The second-order valence-corrected chi connectivity index (χ2v) is 4.13. The number of H-pyrrole nitrogens is 1. The molecule has 2 aromatic rings. The van der Waals surface area contributed by atoms with Crippen LogP contribution in [0.15, 0.2) is 35.1 Å². The number of nitrogens with one attached hydrogen (secondary N) is 2. The number of methoxy groups -OCH3 is 1. The number of rotatable bonds is 5. The summed E-state index contributed by atoms with van der Waals surface area (Å²) in [5.41, 5.74) is 0.963. The Morgan fingerprint density at radius 3 is 2.68 bits per heavy atom. The molecule has 1 aromatic heterocycles. The van der Waals surface area contributed by atoms with Crippen molar-refractivity contribution in [3.63, 3.8) is 0 Å². The molecule has 0 radical (unpaired) electrons. The van der Waals surface area contributed by atoms with E-state index in [1.807, 2.05) is 31.2 Å². The van der Waals surface area contributed by atoms with Gasteiger partial charge < -0.3 is 15.0 Å². The Morgan fingerprint density at radius 1 is 1.32 bits per heavy atom. The van der Waals surface area contributed by atoms with E-state index in [1.165, 1.54) is 6.07 Å². The molecule has 0 fully saturated rings. The molecule has 0 bridgehead atoms. The van der Waals surface area contributed by atoms with Crippen LogP contribution in [0.3, 0.4) is 0 Å². The SMILES string of the molecule is CCc1nc(NCc2ccc(OC)cc2)cc(=O)[nH]1. The van der Waals surface area contributed by atoms with Gasteiger partial charge in [0, 0.05) is 19.0 Å². The zero-order valence-corrected chi connectivity index (χ0v) is 11.1. The maximum atomic E-state index is 11.4. The summed E-state index contributed by atoms with van der Waals surface area (Å²) in [7, 11) is 1.64. The molecule has 2 rings (SSSR count). The number of nitrogens with zero attached hydrogens (tertiary/aromatic N) is 1. The Balaban J connectivity index is 2.05. The molecule has 1 heterocycles. The van der Waals surface area contributed by atoms with Crippen molar-refractivity contribution < 1.29 is 4.74 Å². The van der Waals surface area contributed by atoms with Gasteiger partial charge in [-0.2, -0.15) is 0 Å². The summed E-state index contributed by atoms with van der Waals surface area (Å²) >= 11 is 0. The first-order valence-electron chi connectivity index (χ1n) is 6.18. The normalized spacial score (nSPS) is 10.2. The summed E-state index contributed by atoms with van der Waals surface area (Å²) in [6, 6.07) is 9.21. The lowest BCUT2D eigenvalue weighted by molar-refractivity contribution is 0.414. The lowest BCUT2D eigenvalue weighted by Crippen LogP contribution is -2.13. The first kappa shape index (κ1) is 13.1. The maximum Gasteiger partial charge on any atom is 0.252 e. The second-order valence-electron chi connectivity index (χ2n) is 4.13. The van der Waals surface area contributed by atoms with E-state index in [1.54, 1.807) is 7.11 Å². The van der Waals surface area contributed by atoms with E-state index in [2.05, 4.69) is 15.3 Å². The number of aromatic nitrogens is 2. The first-order valence-corrected chi connectivity index (χ1v) is 6.18. The average Bonchev–Trinajstić information content (AvgIpc) is 2.45. The Bertz CT molecular complexity index is 590. The number of benzene rings is 1. The number of aromatic amines is 1. The minimum Gasteiger partial charge on any atom is -0.497 e. The summed E-state index contributed by atoms with van der Waals surface area (Å²) in [6.45, 7) is 2.56. The van der Waals surface area contributed by atoms with E-state index in [4.69, 9.17) is 4.74 Å². The molecule has 2 N–H and O–H groups in total. The van der Waals surface area contributed by atoms with Crippen molar-refractivity contribution in [2.45, 2.75) is 19.9 Å². The average molecular weight is 259 g/mol. The van der Waals surface area contributed by atoms with E-state index in [-0.39, 0.29) is 5.56 Å². The van der Waals surface area contributed by atoms with Gasteiger partial charge in [-0.15, -0.1) is 0 Å². The number of hydrogen-bond donors (Lipinski definition) is 2. The molecule has 0 amide bonds. The number of aryl methyl sites for hydroxylation is 1. The highest BCUT2D eigenvalue weighted by molar-refractivity contribution is 5.35. The smallest absolute Gasteiger partial charge is 0.252 e. The van der Waals surface area contributed by atoms with Crippen molar-refractivity contribution in [3.05, 3.63) is 52.1 Å². The highest BCUT2D eigenvalue weighted by Crippen LogP contribution is 2.12. The molecule has 100 valence electrons. The Labute approximate surface area is 111 Å². The zero-order chi connectivity index (χ0) is 13.7. The van der Waals surface area contributed by atoms with E-state index in [0.29, 0.717) is 24.6 Å². The number of ether oxygens (including phenoxy) is 1. The topological polar surface area (TPSA) is 67.0 Å². The fourth-order valence-corrected chi connectivity index (χ4v) is 1.70. The third-order valence-corrected chi connectivity index (χ3v) is 2.76. The van der Waals surface area contributed by atoms with Crippen LogP contribution >= 0.6 is 0 Å². The van der Waals surface area contributed by atoms with Gasteiger partial charge in [-0.3, -0.25) is 4.79 Å². The molecule has 0 aliphatic carbocycles. The zero-order valence-electron chi connectivity index (χ0n) is 11.1. The van der Waals surface area contributed by atoms with Crippen molar-refractivity contribution in [2.75, 3.05) is 12.4 Å². The van der Waals surface area contributed by atoms with Gasteiger partial charge in [0.05, 0.1) is 7.11 Å². The summed E-state index contributed by atoms with van der Waals surface area (Å²) in [6.07, 6.45) is 0.702. The van der Waals surface area contributed by atoms with Gasteiger partial charge in [-0.1, -0.05) is 19.1 Å². The maximum absolute atomic E-state index is 11.4. The predicted molar refractivity (Wildman–Crippen MR) is 74.6 cm³/mol. The fourth-order valence-electron chi connectivity index (χ4n) is 1.70. The minimum absolute atomic E-state index is 0.135. The van der Waals surface area contributed by atoms with Crippen molar-refractivity contribution in [1.29, 1.82) is 0 Å². The lowest BCUT2D eigenvalue weighted by atomic mass is 10.2. The van der Waals surface area contributed by atoms with E-state index >= 15 is 0 Å². The highest BCUT2D eigenvalue weighted by Gasteiger charge is 2.00. The molecule has 0 saturated carbocycles. The van der Waals surface area contributed by atoms with Crippen molar-refractivity contribution in [2.24, 2.45) is 0 Å². The molecular formula is C14H17N3O2. The third kappa shape index (κ3) is 3.58. The second kappa shape index (κ2) is 6.04. The van der Waals surface area contributed by atoms with Crippen molar-refractivity contribution in [1.82, 2.24) is 9.97 Å². The van der Waals surface area contributed by atoms with Crippen LogP contribution in [0, 0.1) is 0 Å². The van der Waals surface area contributed by atoms with E-state index < -0.39 is 0 Å². The third-order valence-electron chi connectivity index (χ3n) is 2.76. The van der Waals surface area contributed by atoms with Gasteiger partial charge in [0.25, 0.3) is 5.56 Å². The molecule has 0 spiro atoms.